The fraction of sp³-hybridized carbons (Fsp3) is 0.211. The third kappa shape index (κ3) is 2.61. The number of carbonyl (C=O) groups excluding carboxylic acids is 1. The number of aryl methyl sites for hydroxylation is 1. The fourth-order valence-corrected chi connectivity index (χ4v) is 4.45. The van der Waals surface area contributed by atoms with Crippen molar-refractivity contribution >= 4 is 38.2 Å². The molecule has 3 aromatic rings. The number of nitrogens with one attached hydrogen (secondary N) is 1. The summed E-state index contributed by atoms with van der Waals surface area (Å²) in [5.41, 5.74) is 4.24. The minimum absolute atomic E-state index is 0.0838. The zero-order chi connectivity index (χ0) is 18.6. The quantitative estimate of drug-likeness (QED) is 0.731. The Morgan fingerprint density at radius 2 is 1.85 bits per heavy atom. The molecule has 0 bridgehead atoms. The van der Waals surface area contributed by atoms with E-state index in [4.69, 9.17) is 11.6 Å². The first-order chi connectivity index (χ1) is 12.3. The minimum atomic E-state index is -3.25. The zero-order valence-electron chi connectivity index (χ0n) is 14.3. The Morgan fingerprint density at radius 3 is 2.50 bits per heavy atom. The summed E-state index contributed by atoms with van der Waals surface area (Å²) in [5.74, 6) is -0.0838. The van der Waals surface area contributed by atoms with Gasteiger partial charge in [-0.15, -0.1) is 0 Å². The van der Waals surface area contributed by atoms with E-state index < -0.39 is 9.84 Å². The SMILES string of the molecule is Cc1c2n(c3c(-c4ccc(S(C)(=O)=O)cc4)cc(Cl)cc13)CCNC2=O. The lowest BCUT2D eigenvalue weighted by Crippen LogP contribution is -2.35. The van der Waals surface area contributed by atoms with E-state index in [1.54, 1.807) is 24.3 Å². The van der Waals surface area contributed by atoms with Gasteiger partial charge in [-0.25, -0.2) is 8.42 Å². The van der Waals surface area contributed by atoms with Crippen LogP contribution in [0.1, 0.15) is 16.1 Å². The molecule has 1 aliphatic rings. The van der Waals surface area contributed by atoms with Gasteiger partial charge < -0.3 is 9.88 Å². The number of carbonyl (C=O) groups is 1. The monoisotopic (exact) mass is 388 g/mol. The first-order valence-electron chi connectivity index (χ1n) is 8.18. The van der Waals surface area contributed by atoms with Crippen LogP contribution in [0.3, 0.4) is 0 Å². The van der Waals surface area contributed by atoms with Gasteiger partial charge in [0, 0.05) is 35.3 Å². The van der Waals surface area contributed by atoms with Gasteiger partial charge in [0.05, 0.1) is 10.4 Å². The molecule has 4 rings (SSSR count). The molecular weight excluding hydrogens is 372 g/mol. The fourth-order valence-electron chi connectivity index (χ4n) is 3.60. The molecule has 2 heterocycles. The summed E-state index contributed by atoms with van der Waals surface area (Å²) < 4.78 is 25.4. The summed E-state index contributed by atoms with van der Waals surface area (Å²) in [6.45, 7) is 3.18. The predicted octanol–water partition coefficient (Wildman–Crippen LogP) is 3.42. The maximum Gasteiger partial charge on any atom is 0.268 e. The number of hydrogen-bond donors (Lipinski definition) is 1. The Kier molecular flexibility index (Phi) is 3.86. The highest BCUT2D eigenvalue weighted by Crippen LogP contribution is 2.37. The minimum Gasteiger partial charge on any atom is -0.349 e. The third-order valence-corrected chi connectivity index (χ3v) is 6.15. The number of aromatic nitrogens is 1. The number of sulfone groups is 1. The molecule has 1 N–H and O–H groups in total. The molecule has 5 nitrogen and oxygen atoms in total. The molecule has 0 fully saturated rings. The maximum absolute atomic E-state index is 12.3. The largest absolute Gasteiger partial charge is 0.349 e. The first kappa shape index (κ1) is 17.1. The average molecular weight is 389 g/mol. The Balaban J connectivity index is 2.01. The van der Waals surface area contributed by atoms with Gasteiger partial charge in [-0.3, -0.25) is 4.79 Å². The van der Waals surface area contributed by atoms with Crippen molar-refractivity contribution in [3.63, 3.8) is 0 Å². The average Bonchev–Trinajstić information content (AvgIpc) is 2.87. The number of benzene rings is 2. The summed E-state index contributed by atoms with van der Waals surface area (Å²) in [4.78, 5) is 12.6. The van der Waals surface area contributed by atoms with Crippen LogP contribution in [0.4, 0.5) is 0 Å². The van der Waals surface area contributed by atoms with Crippen molar-refractivity contribution in [2.75, 3.05) is 12.8 Å². The van der Waals surface area contributed by atoms with Gasteiger partial charge in [0.25, 0.3) is 5.91 Å². The second-order valence-corrected chi connectivity index (χ2v) is 8.98. The van der Waals surface area contributed by atoms with Crippen molar-refractivity contribution in [3.8, 4) is 11.1 Å². The highest BCUT2D eigenvalue weighted by Gasteiger charge is 2.25. The Morgan fingerprint density at radius 1 is 1.15 bits per heavy atom. The molecular formula is C19H17ClN2O3S. The first-order valence-corrected chi connectivity index (χ1v) is 10.5. The second kappa shape index (κ2) is 5.86. The van der Waals surface area contributed by atoms with E-state index in [0.29, 0.717) is 23.8 Å². The van der Waals surface area contributed by atoms with Gasteiger partial charge in [0.15, 0.2) is 9.84 Å². The van der Waals surface area contributed by atoms with Gasteiger partial charge in [0.1, 0.15) is 5.69 Å². The Bertz CT molecular complexity index is 1160. The third-order valence-electron chi connectivity index (χ3n) is 4.80. The van der Waals surface area contributed by atoms with E-state index in [1.165, 1.54) is 6.26 Å². The smallest absolute Gasteiger partial charge is 0.268 e. The molecule has 0 atom stereocenters. The van der Waals surface area contributed by atoms with E-state index in [1.807, 2.05) is 23.6 Å². The summed E-state index contributed by atoms with van der Waals surface area (Å²) in [6, 6.07) is 10.5. The molecule has 2 aromatic carbocycles. The Hall–Kier alpha value is -2.31. The van der Waals surface area contributed by atoms with Gasteiger partial charge in [-0.2, -0.15) is 0 Å². The van der Waals surface area contributed by atoms with Crippen molar-refractivity contribution in [1.29, 1.82) is 0 Å². The van der Waals surface area contributed by atoms with Gasteiger partial charge in [-0.1, -0.05) is 23.7 Å². The number of hydrogen-bond acceptors (Lipinski definition) is 3. The van der Waals surface area contributed by atoms with E-state index in [-0.39, 0.29) is 10.8 Å². The molecule has 0 aliphatic carbocycles. The van der Waals surface area contributed by atoms with Gasteiger partial charge >= 0.3 is 0 Å². The van der Waals surface area contributed by atoms with Crippen molar-refractivity contribution in [3.05, 3.63) is 52.7 Å². The standard InChI is InChI=1S/C19H17ClN2O3S/c1-11-15-9-13(20)10-16(12-3-5-14(6-4-12)26(2,24)25)18(15)22-8-7-21-19(23)17(11)22/h3-6,9-10H,7-8H2,1-2H3,(H,21,23). The second-order valence-electron chi connectivity index (χ2n) is 6.53. The molecule has 1 amide bonds. The highest BCUT2D eigenvalue weighted by atomic mass is 35.5. The Labute approximate surface area is 156 Å². The molecule has 7 heteroatoms. The molecule has 0 unspecified atom stereocenters. The lowest BCUT2D eigenvalue weighted by molar-refractivity contribution is 0.0928. The molecule has 1 aliphatic heterocycles. The highest BCUT2D eigenvalue weighted by molar-refractivity contribution is 7.90. The van der Waals surface area contributed by atoms with Crippen LogP contribution in [0.5, 0.6) is 0 Å². The van der Waals surface area contributed by atoms with Crippen molar-refractivity contribution < 1.29 is 13.2 Å². The molecule has 134 valence electrons. The number of nitrogens with zero attached hydrogens (tertiary/aromatic N) is 1. The van der Waals surface area contributed by atoms with Crippen molar-refractivity contribution in [2.45, 2.75) is 18.4 Å². The van der Waals surface area contributed by atoms with Gasteiger partial charge in [0.2, 0.25) is 0 Å². The van der Waals surface area contributed by atoms with Crippen LogP contribution in [-0.4, -0.2) is 31.7 Å². The van der Waals surface area contributed by atoms with Crippen molar-refractivity contribution in [2.24, 2.45) is 0 Å². The molecule has 0 saturated heterocycles. The number of fused-ring (bicyclic) bond motifs is 3. The summed E-state index contributed by atoms with van der Waals surface area (Å²) in [7, 11) is -3.25. The maximum atomic E-state index is 12.3. The lowest BCUT2D eigenvalue weighted by atomic mass is 10.0. The molecule has 26 heavy (non-hydrogen) atoms. The summed E-state index contributed by atoms with van der Waals surface area (Å²) in [5, 5.41) is 4.39. The molecule has 1 aromatic heterocycles. The van der Waals surface area contributed by atoms with Crippen LogP contribution in [-0.2, 0) is 16.4 Å². The van der Waals surface area contributed by atoms with E-state index in [9.17, 15) is 13.2 Å². The van der Waals surface area contributed by atoms with Crippen LogP contribution in [0.15, 0.2) is 41.3 Å². The lowest BCUT2D eigenvalue weighted by Gasteiger charge is -2.18. The van der Waals surface area contributed by atoms with Crippen LogP contribution in [0, 0.1) is 6.92 Å². The van der Waals surface area contributed by atoms with Crippen LogP contribution < -0.4 is 5.32 Å². The summed E-state index contributed by atoms with van der Waals surface area (Å²) >= 11 is 6.34. The number of halogens is 1. The summed E-state index contributed by atoms with van der Waals surface area (Å²) in [6.07, 6.45) is 1.19. The molecule has 0 saturated carbocycles. The van der Waals surface area contributed by atoms with E-state index in [0.717, 1.165) is 27.6 Å². The normalized spacial score (nSPS) is 14.3. The number of amides is 1. The molecule has 0 spiro atoms. The van der Waals surface area contributed by atoms with Crippen molar-refractivity contribution in [1.82, 2.24) is 9.88 Å². The zero-order valence-corrected chi connectivity index (χ0v) is 15.9. The van der Waals surface area contributed by atoms with Gasteiger partial charge in [-0.05, 0) is 42.3 Å². The van der Waals surface area contributed by atoms with Crippen LogP contribution in [0.2, 0.25) is 5.02 Å². The predicted molar refractivity (Wildman–Crippen MR) is 103 cm³/mol. The van der Waals surface area contributed by atoms with Crippen LogP contribution >= 0.6 is 11.6 Å². The topological polar surface area (TPSA) is 68.2 Å². The number of rotatable bonds is 2. The van der Waals surface area contributed by atoms with E-state index >= 15 is 0 Å². The van der Waals surface area contributed by atoms with E-state index in [2.05, 4.69) is 5.32 Å². The van der Waals surface area contributed by atoms with Crippen LogP contribution in [0.25, 0.3) is 22.0 Å². The molecule has 0 radical (unpaired) electrons.